The van der Waals surface area contributed by atoms with Crippen LogP contribution >= 0.6 is 0 Å². The predicted octanol–water partition coefficient (Wildman–Crippen LogP) is 2.77. The van der Waals surface area contributed by atoms with Gasteiger partial charge >= 0.3 is 6.03 Å². The molecular weight excluding hydrogens is 460 g/mol. The Hall–Kier alpha value is -4.48. The zero-order valence-electron chi connectivity index (χ0n) is 18.7. The number of amides is 4. The van der Waals surface area contributed by atoms with E-state index in [0.29, 0.717) is 0 Å². The Bertz CT molecular complexity index is 1210. The van der Waals surface area contributed by atoms with E-state index >= 15 is 0 Å². The van der Waals surface area contributed by atoms with Gasteiger partial charge in [-0.25, -0.2) is 4.79 Å². The molecular formula is C23H20N4O8. The van der Waals surface area contributed by atoms with Gasteiger partial charge in [-0.15, -0.1) is 0 Å². The molecule has 0 N–H and O–H groups in total. The molecule has 0 unspecified atom stereocenters. The molecule has 1 aliphatic heterocycles. The fraction of sp³-hybridized carbons (Fsp3) is 0.304. The second-order valence-electron chi connectivity index (χ2n) is 8.64. The van der Waals surface area contributed by atoms with Crippen molar-refractivity contribution >= 4 is 35.0 Å². The average molecular weight is 480 g/mol. The number of non-ortho nitro benzene ring substituents is 2. The van der Waals surface area contributed by atoms with Crippen LogP contribution in [0.15, 0.2) is 48.5 Å². The van der Waals surface area contributed by atoms with Gasteiger partial charge < -0.3 is 0 Å². The Balaban J connectivity index is 2.03. The van der Waals surface area contributed by atoms with E-state index in [0.717, 1.165) is 9.80 Å². The number of ketones is 1. The lowest BCUT2D eigenvalue weighted by Crippen LogP contribution is -2.68. The van der Waals surface area contributed by atoms with E-state index in [1.807, 2.05) is 0 Å². The Labute approximate surface area is 198 Å². The van der Waals surface area contributed by atoms with Crippen molar-refractivity contribution in [3.05, 3.63) is 79.9 Å². The van der Waals surface area contributed by atoms with Crippen molar-refractivity contribution < 1.29 is 29.0 Å². The third kappa shape index (κ3) is 3.54. The third-order valence-corrected chi connectivity index (χ3v) is 6.82. The lowest BCUT2D eigenvalue weighted by Gasteiger charge is -2.51. The fourth-order valence-corrected chi connectivity index (χ4v) is 5.22. The Morgan fingerprint density at radius 2 is 1.17 bits per heavy atom. The van der Waals surface area contributed by atoms with Crippen LogP contribution in [0.5, 0.6) is 0 Å². The maximum atomic E-state index is 13.9. The van der Waals surface area contributed by atoms with Gasteiger partial charge in [-0.3, -0.25) is 44.4 Å². The maximum Gasteiger partial charge on any atom is 0.332 e. The minimum Gasteiger partial charge on any atom is -0.300 e. The van der Waals surface area contributed by atoms with Gasteiger partial charge in [0.25, 0.3) is 11.4 Å². The summed E-state index contributed by atoms with van der Waals surface area (Å²) >= 11 is 0. The summed E-state index contributed by atoms with van der Waals surface area (Å²) in [7, 11) is 2.42. The second-order valence-corrected chi connectivity index (χ2v) is 8.64. The topological polar surface area (TPSA) is 161 Å². The number of hydrogen-bond acceptors (Lipinski definition) is 8. The summed E-state index contributed by atoms with van der Waals surface area (Å²) in [6, 6.07) is 9.77. The summed E-state index contributed by atoms with van der Waals surface area (Å²) in [5, 5.41) is 22.8. The number of benzene rings is 2. The van der Waals surface area contributed by atoms with Gasteiger partial charge in [-0.1, -0.05) is 24.3 Å². The van der Waals surface area contributed by atoms with Gasteiger partial charge in [0.05, 0.1) is 9.85 Å². The van der Waals surface area contributed by atoms with Crippen LogP contribution in [-0.2, 0) is 14.4 Å². The molecule has 1 heterocycles. The Morgan fingerprint density at radius 3 is 1.54 bits per heavy atom. The highest BCUT2D eigenvalue weighted by atomic mass is 16.6. The largest absolute Gasteiger partial charge is 0.332 e. The van der Waals surface area contributed by atoms with Gasteiger partial charge in [0.1, 0.15) is 11.2 Å². The maximum absolute atomic E-state index is 13.9. The molecule has 0 radical (unpaired) electrons. The van der Waals surface area contributed by atoms with Gasteiger partial charge in [-0.2, -0.15) is 0 Å². The number of nitro benzene ring substituents is 2. The van der Waals surface area contributed by atoms with E-state index in [9.17, 15) is 39.4 Å². The van der Waals surface area contributed by atoms with E-state index in [2.05, 4.69) is 0 Å². The predicted molar refractivity (Wildman–Crippen MR) is 119 cm³/mol. The van der Waals surface area contributed by atoms with Crippen LogP contribution in [0.1, 0.15) is 35.8 Å². The normalized spacial score (nSPS) is 22.0. The SMILES string of the molecule is CN1C(=O)N(C)C(=O)C2(C1=O)[C@@H](c1cccc([N+](=O)[O-])c1)CC(=O)C[C@H]2c1cccc([N+](=O)[O-])c1. The number of imide groups is 2. The first-order chi connectivity index (χ1) is 16.5. The molecule has 2 aromatic carbocycles. The molecule has 0 bridgehead atoms. The molecule has 4 amide bonds. The minimum absolute atomic E-state index is 0.209. The monoisotopic (exact) mass is 480 g/mol. The quantitative estimate of drug-likeness (QED) is 0.367. The van der Waals surface area contributed by atoms with Crippen molar-refractivity contribution in [3.8, 4) is 0 Å². The number of carbonyl (C=O) groups is 4. The van der Waals surface area contributed by atoms with Crippen LogP contribution in [0.3, 0.4) is 0 Å². The molecule has 180 valence electrons. The number of barbiturate groups is 1. The van der Waals surface area contributed by atoms with Crippen molar-refractivity contribution in [1.82, 2.24) is 9.80 Å². The first-order valence-electron chi connectivity index (χ1n) is 10.6. The molecule has 1 saturated heterocycles. The van der Waals surface area contributed by atoms with Crippen LogP contribution in [0, 0.1) is 25.6 Å². The zero-order valence-corrected chi connectivity index (χ0v) is 18.7. The standard InChI is InChI=1S/C23H20N4O8/c1-24-20(29)23(21(30)25(2)22(24)31)18(13-5-3-7-15(9-13)26(32)33)11-17(28)12-19(23)14-6-4-8-16(10-14)27(34)35/h3-10,18-19H,11-12H2,1-2H3/t18-,19+. The molecule has 1 spiro atoms. The molecule has 35 heavy (non-hydrogen) atoms. The molecule has 12 nitrogen and oxygen atoms in total. The highest BCUT2D eigenvalue weighted by Gasteiger charge is 2.66. The van der Waals surface area contributed by atoms with Crippen LogP contribution in [0.2, 0.25) is 0 Å². The summed E-state index contributed by atoms with van der Waals surface area (Å²) in [4.78, 5) is 76.4. The van der Waals surface area contributed by atoms with Gasteiger partial charge in [0, 0.05) is 63.0 Å². The summed E-state index contributed by atoms with van der Waals surface area (Å²) in [5.41, 5.74) is -2.20. The molecule has 0 aromatic heterocycles. The van der Waals surface area contributed by atoms with E-state index in [-0.39, 0.29) is 41.1 Å². The number of rotatable bonds is 4. The first-order valence-corrected chi connectivity index (χ1v) is 10.6. The van der Waals surface area contributed by atoms with Crippen LogP contribution < -0.4 is 0 Å². The first kappa shape index (κ1) is 23.7. The molecule has 4 rings (SSSR count). The zero-order chi connectivity index (χ0) is 25.7. The second kappa shape index (κ2) is 8.38. The van der Waals surface area contributed by atoms with E-state index in [1.54, 1.807) is 0 Å². The number of nitro groups is 2. The molecule has 1 saturated carbocycles. The van der Waals surface area contributed by atoms with E-state index < -0.39 is 44.9 Å². The number of urea groups is 1. The minimum atomic E-state index is -2.03. The Kier molecular flexibility index (Phi) is 5.67. The van der Waals surface area contributed by atoms with E-state index in [1.165, 1.54) is 62.6 Å². The van der Waals surface area contributed by atoms with Gasteiger partial charge in [0.15, 0.2) is 0 Å². The number of hydrogen-bond donors (Lipinski definition) is 0. The molecule has 2 aromatic rings. The lowest BCUT2D eigenvalue weighted by molar-refractivity contribution is -0.385. The average Bonchev–Trinajstić information content (AvgIpc) is 2.85. The van der Waals surface area contributed by atoms with Crippen molar-refractivity contribution in [2.45, 2.75) is 24.7 Å². The lowest BCUT2D eigenvalue weighted by atomic mass is 9.54. The van der Waals surface area contributed by atoms with Crippen LogP contribution in [0.25, 0.3) is 0 Å². The van der Waals surface area contributed by atoms with Gasteiger partial charge in [0.2, 0.25) is 11.8 Å². The summed E-state index contributed by atoms with van der Waals surface area (Å²) in [6.45, 7) is 0. The summed E-state index contributed by atoms with van der Waals surface area (Å²) < 4.78 is 0. The highest BCUT2D eigenvalue weighted by molar-refractivity contribution is 6.21. The van der Waals surface area contributed by atoms with Crippen molar-refractivity contribution in [2.75, 3.05) is 14.1 Å². The molecule has 12 heteroatoms. The summed E-state index contributed by atoms with van der Waals surface area (Å²) in [5.74, 6) is -4.36. The van der Waals surface area contributed by atoms with Crippen LogP contribution in [-0.4, -0.2) is 57.4 Å². The molecule has 1 aliphatic carbocycles. The molecule has 2 atom stereocenters. The number of carbonyl (C=O) groups excluding carboxylic acids is 4. The van der Waals surface area contributed by atoms with Crippen molar-refractivity contribution in [2.24, 2.45) is 5.41 Å². The smallest absolute Gasteiger partial charge is 0.300 e. The molecule has 2 aliphatic rings. The van der Waals surface area contributed by atoms with Crippen molar-refractivity contribution in [1.29, 1.82) is 0 Å². The number of Topliss-reactive ketones (excluding diaryl/α,β-unsaturated/α-hetero) is 1. The highest BCUT2D eigenvalue weighted by Crippen LogP contribution is 2.57. The number of nitrogens with zero attached hydrogens (tertiary/aromatic N) is 4. The molecule has 2 fully saturated rings. The van der Waals surface area contributed by atoms with Gasteiger partial charge in [-0.05, 0) is 11.1 Å². The van der Waals surface area contributed by atoms with E-state index in [4.69, 9.17) is 0 Å². The van der Waals surface area contributed by atoms with Crippen LogP contribution in [0.4, 0.5) is 16.2 Å². The third-order valence-electron chi connectivity index (χ3n) is 6.82. The fourth-order valence-electron chi connectivity index (χ4n) is 5.22. The Morgan fingerprint density at radius 1 is 0.771 bits per heavy atom. The summed E-state index contributed by atoms with van der Waals surface area (Å²) in [6.07, 6.45) is -0.556. The van der Waals surface area contributed by atoms with Crippen molar-refractivity contribution in [3.63, 3.8) is 0 Å².